The summed E-state index contributed by atoms with van der Waals surface area (Å²) in [4.78, 5) is 0. The minimum absolute atomic E-state index is 0.402. The number of hydrogen-bond donors (Lipinski definition) is 1. The lowest BCUT2D eigenvalue weighted by molar-refractivity contribution is 0.169. The Morgan fingerprint density at radius 2 is 2.05 bits per heavy atom. The van der Waals surface area contributed by atoms with Gasteiger partial charge in [-0.05, 0) is 43.4 Å². The summed E-state index contributed by atoms with van der Waals surface area (Å²) in [6.07, 6.45) is 3.52. The van der Waals surface area contributed by atoms with Crippen LogP contribution in [-0.4, -0.2) is 25.8 Å². The van der Waals surface area contributed by atoms with Gasteiger partial charge >= 0.3 is 0 Å². The fourth-order valence-electron chi connectivity index (χ4n) is 3.24. The molecule has 110 valence electrons. The van der Waals surface area contributed by atoms with Crippen molar-refractivity contribution in [3.63, 3.8) is 0 Å². The van der Waals surface area contributed by atoms with E-state index in [2.05, 4.69) is 25.2 Å². The SMILES string of the molecule is CC(C)c1c(CC2CCCN2)cc(Cl)c2c1OCCO2. The van der Waals surface area contributed by atoms with Crippen LogP contribution in [0, 0.1) is 0 Å². The standard InChI is InChI=1S/C16H22ClNO2/c1-10(2)14-11(8-12-4-3-5-18-12)9-13(17)15-16(14)20-7-6-19-15/h9-10,12,18H,3-8H2,1-2H3. The van der Waals surface area contributed by atoms with Gasteiger partial charge in [-0.1, -0.05) is 25.4 Å². The Labute approximate surface area is 125 Å². The van der Waals surface area contributed by atoms with Gasteiger partial charge in [-0.15, -0.1) is 0 Å². The Balaban J connectivity index is 2.01. The first-order chi connectivity index (χ1) is 9.66. The summed E-state index contributed by atoms with van der Waals surface area (Å²) in [5.74, 6) is 2.00. The predicted octanol–water partition coefficient (Wildman–Crippen LogP) is 3.53. The first-order valence-corrected chi connectivity index (χ1v) is 7.89. The summed E-state index contributed by atoms with van der Waals surface area (Å²) in [5.41, 5.74) is 2.56. The van der Waals surface area contributed by atoms with Crippen molar-refractivity contribution in [3.8, 4) is 11.5 Å². The average molecular weight is 296 g/mol. The molecule has 1 saturated heterocycles. The number of hydrogen-bond acceptors (Lipinski definition) is 3. The third-order valence-electron chi connectivity index (χ3n) is 4.10. The highest BCUT2D eigenvalue weighted by molar-refractivity contribution is 6.32. The van der Waals surface area contributed by atoms with Gasteiger partial charge in [0, 0.05) is 11.6 Å². The van der Waals surface area contributed by atoms with Crippen molar-refractivity contribution in [1.29, 1.82) is 0 Å². The maximum atomic E-state index is 6.38. The Morgan fingerprint density at radius 1 is 1.30 bits per heavy atom. The molecule has 0 saturated carbocycles. The number of halogens is 1. The fraction of sp³-hybridized carbons (Fsp3) is 0.625. The van der Waals surface area contributed by atoms with E-state index in [4.69, 9.17) is 21.1 Å². The second-order valence-corrected chi connectivity index (χ2v) is 6.35. The Bertz CT molecular complexity index is 496. The lowest BCUT2D eigenvalue weighted by atomic mass is 9.91. The monoisotopic (exact) mass is 295 g/mol. The fourth-order valence-corrected chi connectivity index (χ4v) is 3.51. The van der Waals surface area contributed by atoms with Crippen LogP contribution in [0.15, 0.2) is 6.07 Å². The van der Waals surface area contributed by atoms with E-state index < -0.39 is 0 Å². The molecule has 1 aromatic rings. The van der Waals surface area contributed by atoms with Crippen molar-refractivity contribution in [2.45, 2.75) is 45.1 Å². The highest BCUT2D eigenvalue weighted by Crippen LogP contribution is 2.45. The van der Waals surface area contributed by atoms with E-state index >= 15 is 0 Å². The van der Waals surface area contributed by atoms with Gasteiger partial charge in [-0.25, -0.2) is 0 Å². The number of nitrogens with one attached hydrogen (secondary N) is 1. The van der Waals surface area contributed by atoms with Crippen molar-refractivity contribution in [2.75, 3.05) is 19.8 Å². The molecule has 3 nitrogen and oxygen atoms in total. The summed E-state index contributed by atoms with van der Waals surface area (Å²) in [6, 6.07) is 2.64. The second kappa shape index (κ2) is 5.82. The zero-order chi connectivity index (χ0) is 14.1. The topological polar surface area (TPSA) is 30.5 Å². The second-order valence-electron chi connectivity index (χ2n) is 5.94. The molecule has 3 rings (SSSR count). The van der Waals surface area contributed by atoms with E-state index in [1.165, 1.54) is 24.0 Å². The molecule has 2 heterocycles. The van der Waals surface area contributed by atoms with Crippen LogP contribution in [-0.2, 0) is 6.42 Å². The van der Waals surface area contributed by atoms with E-state index in [1.807, 2.05) is 0 Å². The van der Waals surface area contributed by atoms with Crippen LogP contribution < -0.4 is 14.8 Å². The van der Waals surface area contributed by atoms with E-state index in [1.54, 1.807) is 0 Å². The summed E-state index contributed by atoms with van der Waals surface area (Å²) in [5, 5.41) is 4.23. The molecular weight excluding hydrogens is 274 g/mol. The zero-order valence-corrected chi connectivity index (χ0v) is 12.9. The van der Waals surface area contributed by atoms with Gasteiger partial charge < -0.3 is 14.8 Å². The molecule has 0 bridgehead atoms. The molecule has 4 heteroatoms. The molecule has 1 aromatic carbocycles. The Morgan fingerprint density at radius 3 is 2.70 bits per heavy atom. The number of rotatable bonds is 3. The molecule has 1 N–H and O–H groups in total. The number of ether oxygens (including phenoxy) is 2. The molecule has 0 aliphatic carbocycles. The van der Waals surface area contributed by atoms with E-state index in [0.29, 0.717) is 30.2 Å². The molecule has 1 unspecified atom stereocenters. The van der Waals surface area contributed by atoms with Gasteiger partial charge in [0.15, 0.2) is 11.5 Å². The largest absolute Gasteiger partial charge is 0.486 e. The van der Waals surface area contributed by atoms with Gasteiger partial charge in [-0.3, -0.25) is 0 Å². The van der Waals surface area contributed by atoms with Crippen LogP contribution in [0.1, 0.15) is 43.7 Å². The first kappa shape index (κ1) is 14.0. The molecule has 2 aliphatic rings. The molecule has 1 atom stereocenters. The minimum atomic E-state index is 0.402. The first-order valence-electron chi connectivity index (χ1n) is 7.51. The van der Waals surface area contributed by atoms with Crippen LogP contribution in [0.3, 0.4) is 0 Å². The van der Waals surface area contributed by atoms with Gasteiger partial charge in [0.05, 0.1) is 5.02 Å². The summed E-state index contributed by atoms with van der Waals surface area (Å²) in [6.45, 7) is 6.71. The van der Waals surface area contributed by atoms with Gasteiger partial charge in [-0.2, -0.15) is 0 Å². The van der Waals surface area contributed by atoms with Gasteiger partial charge in [0.2, 0.25) is 0 Å². The van der Waals surface area contributed by atoms with Crippen LogP contribution in [0.5, 0.6) is 11.5 Å². The molecule has 2 aliphatic heterocycles. The van der Waals surface area contributed by atoms with Gasteiger partial charge in [0.25, 0.3) is 0 Å². The normalized spacial score (nSPS) is 21.5. The smallest absolute Gasteiger partial charge is 0.180 e. The Kier molecular flexibility index (Phi) is 4.08. The highest BCUT2D eigenvalue weighted by atomic mass is 35.5. The minimum Gasteiger partial charge on any atom is -0.486 e. The third-order valence-corrected chi connectivity index (χ3v) is 4.38. The van der Waals surface area contributed by atoms with Crippen molar-refractivity contribution in [2.24, 2.45) is 0 Å². The van der Waals surface area contributed by atoms with Crippen molar-refractivity contribution >= 4 is 11.6 Å². The van der Waals surface area contributed by atoms with Crippen LogP contribution in [0.2, 0.25) is 5.02 Å². The van der Waals surface area contributed by atoms with Crippen LogP contribution in [0.25, 0.3) is 0 Å². The van der Waals surface area contributed by atoms with Crippen molar-refractivity contribution in [3.05, 3.63) is 22.2 Å². The van der Waals surface area contributed by atoms with E-state index in [0.717, 1.165) is 24.5 Å². The molecule has 20 heavy (non-hydrogen) atoms. The van der Waals surface area contributed by atoms with Crippen LogP contribution in [0.4, 0.5) is 0 Å². The van der Waals surface area contributed by atoms with Crippen molar-refractivity contribution in [1.82, 2.24) is 5.32 Å². The van der Waals surface area contributed by atoms with Gasteiger partial charge in [0.1, 0.15) is 13.2 Å². The Hall–Kier alpha value is -0.930. The summed E-state index contributed by atoms with van der Waals surface area (Å²) < 4.78 is 11.6. The highest BCUT2D eigenvalue weighted by Gasteiger charge is 2.26. The quantitative estimate of drug-likeness (QED) is 0.925. The van der Waals surface area contributed by atoms with Crippen molar-refractivity contribution < 1.29 is 9.47 Å². The summed E-state index contributed by atoms with van der Waals surface area (Å²) in [7, 11) is 0. The lowest BCUT2D eigenvalue weighted by Crippen LogP contribution is -2.25. The van der Waals surface area contributed by atoms with Crippen LogP contribution >= 0.6 is 11.6 Å². The van der Waals surface area contributed by atoms with E-state index in [-0.39, 0.29) is 0 Å². The average Bonchev–Trinajstić information content (AvgIpc) is 2.91. The van der Waals surface area contributed by atoms with E-state index in [9.17, 15) is 0 Å². The molecule has 0 aromatic heterocycles. The molecule has 0 amide bonds. The lowest BCUT2D eigenvalue weighted by Gasteiger charge is -2.26. The third kappa shape index (κ3) is 2.61. The maximum absolute atomic E-state index is 6.38. The molecule has 0 spiro atoms. The molecule has 0 radical (unpaired) electrons. The number of fused-ring (bicyclic) bond motifs is 1. The maximum Gasteiger partial charge on any atom is 0.180 e. The predicted molar refractivity (Wildman–Crippen MR) is 81.3 cm³/mol. The zero-order valence-electron chi connectivity index (χ0n) is 12.2. The summed E-state index contributed by atoms with van der Waals surface area (Å²) >= 11 is 6.38. The molecule has 1 fully saturated rings. The number of benzene rings is 1. The molecular formula is C16H22ClNO2.